The summed E-state index contributed by atoms with van der Waals surface area (Å²) in [5.41, 5.74) is 1.16. The summed E-state index contributed by atoms with van der Waals surface area (Å²) in [7, 11) is 3.07. The Kier molecular flexibility index (Phi) is 5.92. The van der Waals surface area contributed by atoms with Gasteiger partial charge in [0.25, 0.3) is 11.7 Å². The number of carbonyl (C=O) groups excluding carboxylic acids is 2. The van der Waals surface area contributed by atoms with Crippen LogP contribution in [-0.4, -0.2) is 42.5 Å². The number of carbonyl (C=O) groups is 2. The molecule has 1 N–H and O–H groups in total. The maximum Gasteiger partial charge on any atom is 0.295 e. The van der Waals surface area contributed by atoms with E-state index >= 15 is 0 Å². The summed E-state index contributed by atoms with van der Waals surface area (Å²) in [5, 5.41) is 11.0. The van der Waals surface area contributed by atoms with E-state index < -0.39 is 17.7 Å². The van der Waals surface area contributed by atoms with Gasteiger partial charge < -0.3 is 19.5 Å². The minimum Gasteiger partial charge on any atom is -0.507 e. The molecule has 1 saturated heterocycles. The van der Waals surface area contributed by atoms with Crippen molar-refractivity contribution in [2.24, 2.45) is 5.92 Å². The molecule has 3 rings (SSSR count). The molecule has 6 nitrogen and oxygen atoms in total. The van der Waals surface area contributed by atoms with Crippen molar-refractivity contribution in [3.05, 3.63) is 65.2 Å². The Hall–Kier alpha value is -3.28. The molecule has 1 fully saturated rings. The van der Waals surface area contributed by atoms with E-state index in [-0.39, 0.29) is 17.3 Å². The van der Waals surface area contributed by atoms with Gasteiger partial charge in [0.05, 0.1) is 25.8 Å². The quantitative estimate of drug-likeness (QED) is 0.458. The highest BCUT2D eigenvalue weighted by Gasteiger charge is 2.47. The third-order valence-corrected chi connectivity index (χ3v) is 4.88. The molecule has 1 heterocycles. The van der Waals surface area contributed by atoms with Crippen LogP contribution in [0.3, 0.4) is 0 Å². The van der Waals surface area contributed by atoms with E-state index in [1.807, 2.05) is 19.9 Å². The zero-order valence-electron chi connectivity index (χ0n) is 17.0. The SMILES string of the molecule is COc1ccc(C2C(=C(O)c3ccccc3)C(=O)C(=O)N2CC(C)C)c(OC)c1. The normalized spacial score (nSPS) is 18.4. The Morgan fingerprint density at radius 1 is 1.07 bits per heavy atom. The van der Waals surface area contributed by atoms with E-state index in [4.69, 9.17) is 9.47 Å². The van der Waals surface area contributed by atoms with Gasteiger partial charge in [-0.15, -0.1) is 0 Å². The molecule has 0 radical (unpaired) electrons. The molecular formula is C23H25NO5. The third kappa shape index (κ3) is 3.83. The summed E-state index contributed by atoms with van der Waals surface area (Å²) in [6, 6.07) is 13.2. The van der Waals surface area contributed by atoms with Crippen LogP contribution in [0, 0.1) is 5.92 Å². The van der Waals surface area contributed by atoms with Crippen LogP contribution in [0.15, 0.2) is 54.1 Å². The van der Waals surface area contributed by atoms with E-state index in [0.717, 1.165) is 0 Å². The lowest BCUT2D eigenvalue weighted by Gasteiger charge is -2.28. The molecule has 152 valence electrons. The molecule has 1 atom stereocenters. The number of rotatable bonds is 6. The average Bonchev–Trinajstić information content (AvgIpc) is 2.97. The molecule has 2 aromatic rings. The number of amides is 1. The van der Waals surface area contributed by atoms with Gasteiger partial charge in [0.2, 0.25) is 0 Å². The molecule has 1 amide bonds. The lowest BCUT2D eigenvalue weighted by Crippen LogP contribution is -2.33. The first-order chi connectivity index (χ1) is 13.9. The fraction of sp³-hybridized carbons (Fsp3) is 0.304. The van der Waals surface area contributed by atoms with Crippen molar-refractivity contribution in [2.75, 3.05) is 20.8 Å². The van der Waals surface area contributed by atoms with E-state index in [1.54, 1.807) is 49.6 Å². The second-order valence-electron chi connectivity index (χ2n) is 7.32. The molecule has 0 aliphatic carbocycles. The predicted octanol–water partition coefficient (Wildman–Crippen LogP) is 3.78. The van der Waals surface area contributed by atoms with Crippen LogP contribution in [0.1, 0.15) is 31.0 Å². The van der Waals surface area contributed by atoms with Gasteiger partial charge in [0, 0.05) is 23.7 Å². The second kappa shape index (κ2) is 8.39. The number of hydrogen-bond acceptors (Lipinski definition) is 5. The molecule has 0 bridgehead atoms. The number of Topliss-reactive ketones (excluding diaryl/α,β-unsaturated/α-hetero) is 1. The highest BCUT2D eigenvalue weighted by molar-refractivity contribution is 6.46. The summed E-state index contributed by atoms with van der Waals surface area (Å²) in [6.45, 7) is 4.31. The molecular weight excluding hydrogens is 370 g/mol. The van der Waals surface area contributed by atoms with Gasteiger partial charge in [-0.1, -0.05) is 44.2 Å². The molecule has 1 aliphatic rings. The Balaban J connectivity index is 2.24. The molecule has 29 heavy (non-hydrogen) atoms. The van der Waals surface area contributed by atoms with Crippen LogP contribution in [0.2, 0.25) is 0 Å². The summed E-state index contributed by atoms with van der Waals surface area (Å²) < 4.78 is 10.8. The van der Waals surface area contributed by atoms with Crippen molar-refractivity contribution in [2.45, 2.75) is 19.9 Å². The van der Waals surface area contributed by atoms with Gasteiger partial charge in [-0.25, -0.2) is 0 Å². The van der Waals surface area contributed by atoms with Gasteiger partial charge in [-0.3, -0.25) is 9.59 Å². The molecule has 0 saturated carbocycles. The van der Waals surface area contributed by atoms with Gasteiger partial charge in [0.15, 0.2) is 0 Å². The summed E-state index contributed by atoms with van der Waals surface area (Å²) in [5.74, 6) is -0.317. The zero-order valence-corrected chi connectivity index (χ0v) is 17.0. The molecule has 0 spiro atoms. The minimum atomic E-state index is -0.751. The van der Waals surface area contributed by atoms with E-state index in [0.29, 0.717) is 29.2 Å². The Morgan fingerprint density at radius 3 is 2.34 bits per heavy atom. The summed E-state index contributed by atoms with van der Waals surface area (Å²) in [4.78, 5) is 27.3. The first-order valence-corrected chi connectivity index (χ1v) is 9.44. The van der Waals surface area contributed by atoms with Crippen LogP contribution >= 0.6 is 0 Å². The second-order valence-corrected chi connectivity index (χ2v) is 7.32. The lowest BCUT2D eigenvalue weighted by molar-refractivity contribution is -0.140. The number of aliphatic hydroxyl groups is 1. The number of ketones is 1. The molecule has 2 aromatic carbocycles. The van der Waals surface area contributed by atoms with Crippen molar-refractivity contribution < 1.29 is 24.2 Å². The molecule has 6 heteroatoms. The summed E-state index contributed by atoms with van der Waals surface area (Å²) in [6.07, 6.45) is 0. The van der Waals surface area contributed by atoms with Crippen molar-refractivity contribution >= 4 is 17.4 Å². The Bertz CT molecular complexity index is 949. The maximum absolute atomic E-state index is 12.9. The number of aliphatic hydroxyl groups excluding tert-OH is 1. The number of nitrogens with zero attached hydrogens (tertiary/aromatic N) is 1. The minimum absolute atomic E-state index is 0.0605. The van der Waals surface area contributed by atoms with E-state index in [2.05, 4.69) is 0 Å². The van der Waals surface area contributed by atoms with Crippen LogP contribution in [-0.2, 0) is 9.59 Å². The largest absolute Gasteiger partial charge is 0.507 e. The fourth-order valence-electron chi connectivity index (χ4n) is 3.58. The van der Waals surface area contributed by atoms with Crippen molar-refractivity contribution in [1.29, 1.82) is 0 Å². The van der Waals surface area contributed by atoms with Gasteiger partial charge in [0.1, 0.15) is 17.3 Å². The fourth-order valence-corrected chi connectivity index (χ4v) is 3.58. The van der Waals surface area contributed by atoms with Crippen LogP contribution < -0.4 is 9.47 Å². The average molecular weight is 395 g/mol. The number of likely N-dealkylation sites (tertiary alicyclic amines) is 1. The van der Waals surface area contributed by atoms with Crippen LogP contribution in [0.4, 0.5) is 0 Å². The smallest absolute Gasteiger partial charge is 0.295 e. The van der Waals surface area contributed by atoms with Crippen molar-refractivity contribution in [3.8, 4) is 11.5 Å². The zero-order chi connectivity index (χ0) is 21.1. The van der Waals surface area contributed by atoms with E-state index in [1.165, 1.54) is 12.0 Å². The Labute approximate surface area is 170 Å². The number of methoxy groups -OCH3 is 2. The topological polar surface area (TPSA) is 76.1 Å². The number of benzene rings is 2. The third-order valence-electron chi connectivity index (χ3n) is 4.88. The van der Waals surface area contributed by atoms with Gasteiger partial charge >= 0.3 is 0 Å². The molecule has 0 aromatic heterocycles. The molecule has 1 unspecified atom stereocenters. The lowest BCUT2D eigenvalue weighted by atomic mass is 9.94. The maximum atomic E-state index is 12.9. The number of hydrogen-bond donors (Lipinski definition) is 1. The summed E-state index contributed by atoms with van der Waals surface area (Å²) >= 11 is 0. The number of ether oxygens (including phenoxy) is 2. The first kappa shape index (κ1) is 20.5. The highest BCUT2D eigenvalue weighted by atomic mass is 16.5. The van der Waals surface area contributed by atoms with Crippen LogP contribution in [0.25, 0.3) is 5.76 Å². The van der Waals surface area contributed by atoms with Gasteiger partial charge in [-0.05, 0) is 18.1 Å². The standard InChI is InChI=1S/C23H25NO5/c1-14(2)13-24-20(17-11-10-16(28-3)12-18(17)29-4)19(22(26)23(24)27)21(25)15-8-6-5-7-9-15/h5-12,14,20,25H,13H2,1-4H3. The van der Waals surface area contributed by atoms with Gasteiger partial charge in [-0.2, -0.15) is 0 Å². The van der Waals surface area contributed by atoms with E-state index in [9.17, 15) is 14.7 Å². The van der Waals surface area contributed by atoms with Crippen molar-refractivity contribution in [1.82, 2.24) is 4.90 Å². The monoisotopic (exact) mass is 395 g/mol. The molecule has 1 aliphatic heterocycles. The Morgan fingerprint density at radius 2 is 1.76 bits per heavy atom. The first-order valence-electron chi connectivity index (χ1n) is 9.44. The highest BCUT2D eigenvalue weighted by Crippen LogP contribution is 2.43. The predicted molar refractivity (Wildman–Crippen MR) is 110 cm³/mol. The van der Waals surface area contributed by atoms with Crippen molar-refractivity contribution in [3.63, 3.8) is 0 Å². The van der Waals surface area contributed by atoms with Crippen LogP contribution in [0.5, 0.6) is 11.5 Å².